The van der Waals surface area contributed by atoms with Crippen LogP contribution in [-0.2, 0) is 0 Å². The minimum atomic E-state index is 0.0474. The number of nitrogen functional groups attached to an aromatic ring is 1. The topological polar surface area (TPSA) is 43.1 Å². The van der Waals surface area contributed by atoms with Crippen molar-refractivity contribution in [2.24, 2.45) is 0 Å². The third kappa shape index (κ3) is 2.36. The number of anilines is 1. The van der Waals surface area contributed by atoms with Gasteiger partial charge in [0.25, 0.3) is 0 Å². The van der Waals surface area contributed by atoms with Crippen molar-refractivity contribution in [3.05, 3.63) is 64.7 Å². The first kappa shape index (κ1) is 11.4. The van der Waals surface area contributed by atoms with Gasteiger partial charge in [-0.15, -0.1) is 0 Å². The number of ketones is 1. The number of rotatable bonds is 2. The summed E-state index contributed by atoms with van der Waals surface area (Å²) in [5.74, 6) is 0.0474. The number of hydrogen-bond donors (Lipinski definition) is 1. The van der Waals surface area contributed by atoms with E-state index >= 15 is 0 Å². The van der Waals surface area contributed by atoms with E-state index in [9.17, 15) is 4.79 Å². The Kier molecular flexibility index (Phi) is 2.96. The first-order chi connectivity index (χ1) is 8.08. The van der Waals surface area contributed by atoms with Gasteiger partial charge in [-0.25, -0.2) is 0 Å². The van der Waals surface area contributed by atoms with E-state index < -0.39 is 0 Å². The summed E-state index contributed by atoms with van der Waals surface area (Å²) in [6.07, 6.45) is 0. The molecule has 86 valence electrons. The van der Waals surface area contributed by atoms with E-state index in [4.69, 9.17) is 5.73 Å². The van der Waals surface area contributed by atoms with Crippen LogP contribution in [0.2, 0.25) is 0 Å². The molecule has 0 aromatic heterocycles. The molecule has 0 spiro atoms. The predicted octanol–water partition coefficient (Wildman–Crippen LogP) is 3.12. The molecule has 17 heavy (non-hydrogen) atoms. The van der Waals surface area contributed by atoms with Gasteiger partial charge in [0.2, 0.25) is 0 Å². The zero-order valence-electron chi connectivity index (χ0n) is 10.0. The third-order valence-corrected chi connectivity index (χ3v) is 2.78. The number of carbonyl (C=O) groups excluding carboxylic acids is 1. The molecule has 0 saturated heterocycles. The van der Waals surface area contributed by atoms with Gasteiger partial charge in [0, 0.05) is 16.8 Å². The number of hydrogen-bond acceptors (Lipinski definition) is 2. The normalized spacial score (nSPS) is 10.2. The second-order valence-corrected chi connectivity index (χ2v) is 4.27. The summed E-state index contributed by atoms with van der Waals surface area (Å²) in [6, 6.07) is 13.0. The zero-order valence-corrected chi connectivity index (χ0v) is 10.0. The molecule has 0 aliphatic heterocycles. The lowest BCUT2D eigenvalue weighted by Crippen LogP contribution is -2.04. The van der Waals surface area contributed by atoms with Gasteiger partial charge in [0.15, 0.2) is 5.78 Å². The molecule has 0 saturated carbocycles. The number of carbonyl (C=O) groups is 1. The summed E-state index contributed by atoms with van der Waals surface area (Å²) < 4.78 is 0. The summed E-state index contributed by atoms with van der Waals surface area (Å²) >= 11 is 0. The highest BCUT2D eigenvalue weighted by Gasteiger charge is 2.11. The van der Waals surface area contributed by atoms with Crippen LogP contribution in [0.25, 0.3) is 0 Å². The molecule has 0 aliphatic rings. The molecular formula is C15H15NO. The molecule has 0 unspecified atom stereocenters. The van der Waals surface area contributed by atoms with Gasteiger partial charge in [0.05, 0.1) is 0 Å². The van der Waals surface area contributed by atoms with Crippen LogP contribution in [0.15, 0.2) is 42.5 Å². The molecule has 0 radical (unpaired) electrons. The predicted molar refractivity (Wildman–Crippen MR) is 70.2 cm³/mol. The van der Waals surface area contributed by atoms with Gasteiger partial charge in [0.1, 0.15) is 0 Å². The highest BCUT2D eigenvalue weighted by molar-refractivity contribution is 6.10. The first-order valence-electron chi connectivity index (χ1n) is 5.55. The van der Waals surface area contributed by atoms with Crippen LogP contribution in [-0.4, -0.2) is 5.78 Å². The van der Waals surface area contributed by atoms with Crippen molar-refractivity contribution in [1.82, 2.24) is 0 Å². The fourth-order valence-electron chi connectivity index (χ4n) is 1.88. The summed E-state index contributed by atoms with van der Waals surface area (Å²) in [6.45, 7) is 3.88. The second-order valence-electron chi connectivity index (χ2n) is 4.27. The smallest absolute Gasteiger partial charge is 0.193 e. The van der Waals surface area contributed by atoms with Gasteiger partial charge in [-0.3, -0.25) is 4.79 Å². The molecule has 2 aromatic rings. The summed E-state index contributed by atoms with van der Waals surface area (Å²) in [5.41, 5.74) is 9.80. The quantitative estimate of drug-likeness (QED) is 0.630. The maximum absolute atomic E-state index is 12.3. The van der Waals surface area contributed by atoms with Crippen LogP contribution in [0.5, 0.6) is 0 Å². The Morgan fingerprint density at radius 2 is 1.82 bits per heavy atom. The van der Waals surface area contributed by atoms with Crippen molar-refractivity contribution >= 4 is 11.5 Å². The maximum Gasteiger partial charge on any atom is 0.193 e. The van der Waals surface area contributed by atoms with Gasteiger partial charge in [-0.1, -0.05) is 23.8 Å². The Morgan fingerprint density at radius 1 is 1.06 bits per heavy atom. The molecule has 0 atom stereocenters. The number of aryl methyl sites for hydroxylation is 2. The van der Waals surface area contributed by atoms with Crippen LogP contribution < -0.4 is 5.73 Å². The summed E-state index contributed by atoms with van der Waals surface area (Å²) in [5, 5.41) is 0. The van der Waals surface area contributed by atoms with Crippen molar-refractivity contribution in [2.75, 3.05) is 5.73 Å². The highest BCUT2D eigenvalue weighted by atomic mass is 16.1. The Bertz CT molecular complexity index is 573. The number of nitrogens with two attached hydrogens (primary N) is 1. The first-order valence-corrected chi connectivity index (χ1v) is 5.55. The zero-order chi connectivity index (χ0) is 12.4. The third-order valence-electron chi connectivity index (χ3n) is 2.78. The minimum Gasteiger partial charge on any atom is -0.399 e. The van der Waals surface area contributed by atoms with Crippen LogP contribution in [0.1, 0.15) is 27.0 Å². The van der Waals surface area contributed by atoms with Crippen molar-refractivity contribution in [2.45, 2.75) is 13.8 Å². The fourth-order valence-corrected chi connectivity index (χ4v) is 1.88. The van der Waals surface area contributed by atoms with E-state index in [-0.39, 0.29) is 5.78 Å². The molecule has 2 aromatic carbocycles. The molecule has 0 heterocycles. The lowest BCUT2D eigenvalue weighted by Gasteiger charge is -2.06. The minimum absolute atomic E-state index is 0.0474. The van der Waals surface area contributed by atoms with Crippen molar-refractivity contribution in [3.63, 3.8) is 0 Å². The summed E-state index contributed by atoms with van der Waals surface area (Å²) in [4.78, 5) is 12.3. The molecule has 2 heteroatoms. The van der Waals surface area contributed by atoms with Crippen LogP contribution >= 0.6 is 0 Å². The Hall–Kier alpha value is -2.09. The Labute approximate surface area is 101 Å². The lowest BCUT2D eigenvalue weighted by atomic mass is 9.98. The monoisotopic (exact) mass is 225 g/mol. The molecule has 2 nitrogen and oxygen atoms in total. The van der Waals surface area contributed by atoms with Crippen LogP contribution in [0, 0.1) is 13.8 Å². The molecule has 0 amide bonds. The SMILES string of the molecule is Cc1cccc(C(=O)c2ccc(N)cc2C)c1. The molecule has 0 fully saturated rings. The molecular weight excluding hydrogens is 210 g/mol. The average molecular weight is 225 g/mol. The van der Waals surface area contributed by atoms with E-state index in [0.29, 0.717) is 11.3 Å². The molecule has 2 N–H and O–H groups in total. The van der Waals surface area contributed by atoms with Crippen LogP contribution in [0.3, 0.4) is 0 Å². The largest absolute Gasteiger partial charge is 0.399 e. The number of benzene rings is 2. The van der Waals surface area contributed by atoms with E-state index in [1.807, 2.05) is 44.2 Å². The second kappa shape index (κ2) is 4.42. The molecule has 0 bridgehead atoms. The van der Waals surface area contributed by atoms with E-state index in [1.54, 1.807) is 12.1 Å². The molecule has 0 aliphatic carbocycles. The van der Waals surface area contributed by atoms with Gasteiger partial charge in [-0.05, 0) is 43.7 Å². The lowest BCUT2D eigenvalue weighted by molar-refractivity contribution is 0.103. The fraction of sp³-hybridized carbons (Fsp3) is 0.133. The van der Waals surface area contributed by atoms with Crippen molar-refractivity contribution in [3.8, 4) is 0 Å². The Balaban J connectivity index is 2.44. The van der Waals surface area contributed by atoms with E-state index in [0.717, 1.165) is 16.7 Å². The standard InChI is InChI=1S/C15H15NO/c1-10-4-3-5-12(8-10)15(17)14-7-6-13(16)9-11(14)2/h3-9H,16H2,1-2H3. The Morgan fingerprint density at radius 3 is 2.47 bits per heavy atom. The summed E-state index contributed by atoms with van der Waals surface area (Å²) in [7, 11) is 0. The average Bonchev–Trinajstić information content (AvgIpc) is 2.28. The van der Waals surface area contributed by atoms with E-state index in [1.165, 1.54) is 0 Å². The van der Waals surface area contributed by atoms with Crippen molar-refractivity contribution in [1.29, 1.82) is 0 Å². The van der Waals surface area contributed by atoms with Crippen LogP contribution in [0.4, 0.5) is 5.69 Å². The van der Waals surface area contributed by atoms with Gasteiger partial charge >= 0.3 is 0 Å². The van der Waals surface area contributed by atoms with Crippen molar-refractivity contribution < 1.29 is 4.79 Å². The van der Waals surface area contributed by atoms with Gasteiger partial charge in [-0.2, -0.15) is 0 Å². The van der Waals surface area contributed by atoms with Gasteiger partial charge < -0.3 is 5.73 Å². The van der Waals surface area contributed by atoms with E-state index in [2.05, 4.69) is 0 Å². The highest BCUT2D eigenvalue weighted by Crippen LogP contribution is 2.17. The molecule has 2 rings (SSSR count). The maximum atomic E-state index is 12.3.